The van der Waals surface area contributed by atoms with Crippen LogP contribution in [0.1, 0.15) is 15.9 Å². The summed E-state index contributed by atoms with van der Waals surface area (Å²) < 4.78 is 18.1. The van der Waals surface area contributed by atoms with Crippen molar-refractivity contribution in [3.05, 3.63) is 90.1 Å². The Hall–Kier alpha value is -4.26. The topological polar surface area (TPSA) is 74.6 Å². The molecule has 0 aliphatic rings. The highest BCUT2D eigenvalue weighted by atomic mass is 16.5. The van der Waals surface area contributed by atoms with Gasteiger partial charge in [-0.25, -0.2) is 4.68 Å². The third-order valence-corrected chi connectivity index (χ3v) is 5.51. The van der Waals surface area contributed by atoms with Crippen molar-refractivity contribution in [1.29, 1.82) is 0 Å². The van der Waals surface area contributed by atoms with Gasteiger partial charge in [0.1, 0.15) is 22.9 Å². The lowest BCUT2D eigenvalue weighted by Gasteiger charge is -2.11. The predicted molar refractivity (Wildman–Crippen MR) is 131 cm³/mol. The van der Waals surface area contributed by atoms with E-state index in [9.17, 15) is 4.79 Å². The minimum Gasteiger partial charge on any atom is -0.497 e. The molecular formula is C27H27N3O4. The maximum absolute atomic E-state index is 13.3. The number of carbonyl (C=O) groups is 1. The van der Waals surface area contributed by atoms with Crippen LogP contribution in [0.3, 0.4) is 0 Å². The maximum atomic E-state index is 13.3. The molecule has 3 aromatic carbocycles. The molecule has 0 fully saturated rings. The SMILES string of the molecule is COc1ccc(OC)c(-c2nn(-c3ccccc3)cc2C(=O)NCCc2ccccc2OC)c1. The monoisotopic (exact) mass is 457 g/mol. The van der Waals surface area contributed by atoms with Crippen LogP contribution in [-0.4, -0.2) is 43.6 Å². The van der Waals surface area contributed by atoms with Gasteiger partial charge in [-0.05, 0) is 48.4 Å². The summed E-state index contributed by atoms with van der Waals surface area (Å²) in [6.07, 6.45) is 2.38. The van der Waals surface area contributed by atoms with E-state index in [2.05, 4.69) is 5.32 Å². The summed E-state index contributed by atoms with van der Waals surface area (Å²) in [4.78, 5) is 13.3. The Morgan fingerprint density at radius 2 is 1.62 bits per heavy atom. The second-order valence-corrected chi connectivity index (χ2v) is 7.56. The molecule has 0 atom stereocenters. The van der Waals surface area contributed by atoms with E-state index in [0.29, 0.717) is 41.3 Å². The van der Waals surface area contributed by atoms with Crippen molar-refractivity contribution in [3.8, 4) is 34.2 Å². The van der Waals surface area contributed by atoms with Gasteiger partial charge in [0.15, 0.2) is 0 Å². The first-order valence-electron chi connectivity index (χ1n) is 10.9. The Bertz CT molecular complexity index is 1270. The first-order valence-corrected chi connectivity index (χ1v) is 10.9. The molecule has 1 aromatic heterocycles. The van der Waals surface area contributed by atoms with Crippen molar-refractivity contribution in [2.45, 2.75) is 6.42 Å². The number of methoxy groups -OCH3 is 3. The van der Waals surface area contributed by atoms with Crippen molar-refractivity contribution in [1.82, 2.24) is 15.1 Å². The van der Waals surface area contributed by atoms with Crippen LogP contribution >= 0.6 is 0 Å². The number of nitrogens with zero attached hydrogens (tertiary/aromatic N) is 2. The summed E-state index contributed by atoms with van der Waals surface area (Å²) in [5.74, 6) is 1.82. The molecule has 1 N–H and O–H groups in total. The van der Waals surface area contributed by atoms with Gasteiger partial charge in [0.2, 0.25) is 0 Å². The fourth-order valence-electron chi connectivity index (χ4n) is 3.77. The molecule has 0 saturated carbocycles. The fraction of sp³-hybridized carbons (Fsp3) is 0.185. The van der Waals surface area contributed by atoms with E-state index < -0.39 is 0 Å². The number of carbonyl (C=O) groups excluding carboxylic acids is 1. The average Bonchev–Trinajstić information content (AvgIpc) is 3.34. The van der Waals surface area contributed by atoms with Gasteiger partial charge in [0.05, 0.1) is 32.6 Å². The molecule has 1 amide bonds. The number of aromatic nitrogens is 2. The van der Waals surface area contributed by atoms with E-state index in [4.69, 9.17) is 19.3 Å². The second kappa shape index (κ2) is 10.6. The Morgan fingerprint density at radius 3 is 2.35 bits per heavy atom. The van der Waals surface area contributed by atoms with Crippen LogP contribution in [0.5, 0.6) is 17.2 Å². The van der Waals surface area contributed by atoms with E-state index >= 15 is 0 Å². The molecule has 0 aliphatic carbocycles. The van der Waals surface area contributed by atoms with Crippen LogP contribution in [0.2, 0.25) is 0 Å². The van der Waals surface area contributed by atoms with Crippen LogP contribution in [0.15, 0.2) is 79.0 Å². The minimum absolute atomic E-state index is 0.225. The van der Waals surface area contributed by atoms with Crippen LogP contribution < -0.4 is 19.5 Å². The molecule has 0 spiro atoms. The highest BCUT2D eigenvalue weighted by Gasteiger charge is 2.22. The lowest BCUT2D eigenvalue weighted by molar-refractivity contribution is 0.0954. The Morgan fingerprint density at radius 1 is 0.882 bits per heavy atom. The first-order chi connectivity index (χ1) is 16.6. The number of rotatable bonds is 9. The third-order valence-electron chi connectivity index (χ3n) is 5.51. The Labute approximate surface area is 198 Å². The van der Waals surface area contributed by atoms with Crippen molar-refractivity contribution < 1.29 is 19.0 Å². The van der Waals surface area contributed by atoms with E-state index in [1.54, 1.807) is 38.3 Å². The number of hydrogen-bond acceptors (Lipinski definition) is 5. The first kappa shape index (κ1) is 22.9. The van der Waals surface area contributed by atoms with Crippen molar-refractivity contribution in [2.75, 3.05) is 27.9 Å². The molecule has 174 valence electrons. The van der Waals surface area contributed by atoms with Crippen LogP contribution in [0, 0.1) is 0 Å². The smallest absolute Gasteiger partial charge is 0.255 e. The van der Waals surface area contributed by atoms with Gasteiger partial charge in [-0.2, -0.15) is 5.10 Å². The average molecular weight is 458 g/mol. The zero-order valence-electron chi connectivity index (χ0n) is 19.4. The normalized spacial score (nSPS) is 10.6. The highest BCUT2D eigenvalue weighted by molar-refractivity contribution is 6.00. The predicted octanol–water partition coefficient (Wildman–Crippen LogP) is 4.54. The number of hydrogen-bond donors (Lipinski definition) is 1. The minimum atomic E-state index is -0.225. The summed E-state index contributed by atoms with van der Waals surface area (Å²) in [6, 6.07) is 22.9. The van der Waals surface area contributed by atoms with Crippen LogP contribution in [-0.2, 0) is 6.42 Å². The number of amides is 1. The molecule has 7 heteroatoms. The molecule has 7 nitrogen and oxygen atoms in total. The fourth-order valence-corrected chi connectivity index (χ4v) is 3.77. The van der Waals surface area contributed by atoms with Crippen molar-refractivity contribution >= 4 is 5.91 Å². The second-order valence-electron chi connectivity index (χ2n) is 7.56. The third kappa shape index (κ3) is 4.88. The zero-order valence-corrected chi connectivity index (χ0v) is 19.4. The Kier molecular flexibility index (Phi) is 7.13. The number of para-hydroxylation sites is 2. The van der Waals surface area contributed by atoms with Gasteiger partial charge in [-0.15, -0.1) is 0 Å². The molecule has 0 saturated heterocycles. The van der Waals surface area contributed by atoms with Gasteiger partial charge in [0.25, 0.3) is 5.91 Å². The lowest BCUT2D eigenvalue weighted by Crippen LogP contribution is -2.26. The highest BCUT2D eigenvalue weighted by Crippen LogP contribution is 2.35. The molecule has 1 heterocycles. The molecule has 0 aliphatic heterocycles. The van der Waals surface area contributed by atoms with Gasteiger partial charge in [0, 0.05) is 18.3 Å². The van der Waals surface area contributed by atoms with Gasteiger partial charge in [-0.3, -0.25) is 4.79 Å². The number of benzene rings is 3. The molecule has 4 rings (SSSR count). The standard InChI is InChI=1S/C27H27N3O4/c1-32-21-13-14-25(34-3)22(17-21)26-23(18-30(29-26)20-10-5-4-6-11-20)27(31)28-16-15-19-9-7-8-12-24(19)33-2/h4-14,17-18H,15-16H2,1-3H3,(H,28,31). The zero-order chi connectivity index (χ0) is 23.9. The molecule has 34 heavy (non-hydrogen) atoms. The quantitative estimate of drug-likeness (QED) is 0.400. The summed E-state index contributed by atoms with van der Waals surface area (Å²) in [7, 11) is 4.83. The summed E-state index contributed by atoms with van der Waals surface area (Å²) in [5.41, 5.74) is 3.50. The van der Waals surface area contributed by atoms with Gasteiger partial charge < -0.3 is 19.5 Å². The van der Waals surface area contributed by atoms with E-state index in [1.165, 1.54) is 0 Å². The molecule has 0 bridgehead atoms. The lowest BCUT2D eigenvalue weighted by atomic mass is 10.1. The van der Waals surface area contributed by atoms with Crippen LogP contribution in [0.25, 0.3) is 16.9 Å². The van der Waals surface area contributed by atoms with E-state index in [0.717, 1.165) is 17.0 Å². The van der Waals surface area contributed by atoms with Gasteiger partial charge in [-0.1, -0.05) is 36.4 Å². The maximum Gasteiger partial charge on any atom is 0.255 e. The largest absolute Gasteiger partial charge is 0.497 e. The number of ether oxygens (including phenoxy) is 3. The molecule has 0 unspecified atom stereocenters. The molecular weight excluding hydrogens is 430 g/mol. The van der Waals surface area contributed by atoms with Crippen molar-refractivity contribution in [3.63, 3.8) is 0 Å². The van der Waals surface area contributed by atoms with E-state index in [-0.39, 0.29) is 5.91 Å². The number of nitrogens with one attached hydrogen (secondary N) is 1. The van der Waals surface area contributed by atoms with Crippen molar-refractivity contribution in [2.24, 2.45) is 0 Å². The van der Waals surface area contributed by atoms with Crippen LogP contribution in [0.4, 0.5) is 0 Å². The summed E-state index contributed by atoms with van der Waals surface area (Å²) >= 11 is 0. The Balaban J connectivity index is 1.67. The summed E-state index contributed by atoms with van der Waals surface area (Å²) in [5, 5.41) is 7.77. The van der Waals surface area contributed by atoms with Gasteiger partial charge >= 0.3 is 0 Å². The van der Waals surface area contributed by atoms with E-state index in [1.807, 2.05) is 66.7 Å². The molecule has 0 radical (unpaired) electrons. The molecule has 4 aromatic rings. The summed E-state index contributed by atoms with van der Waals surface area (Å²) in [6.45, 7) is 0.449.